The molecule has 1 atom stereocenters. The molecule has 0 bridgehead atoms. The molecule has 1 heterocycles. The molecule has 4 heteroatoms. The van der Waals surface area contributed by atoms with Crippen molar-refractivity contribution in [3.8, 4) is 0 Å². The molecule has 96 valence electrons. The van der Waals surface area contributed by atoms with Crippen LogP contribution in [0.4, 0.5) is 4.39 Å². The van der Waals surface area contributed by atoms with Crippen LogP contribution < -0.4 is 5.32 Å². The fourth-order valence-electron chi connectivity index (χ4n) is 2.09. The molecule has 3 nitrogen and oxygen atoms in total. The van der Waals surface area contributed by atoms with E-state index in [-0.39, 0.29) is 11.9 Å². The van der Waals surface area contributed by atoms with Crippen LogP contribution in [0.1, 0.15) is 30.0 Å². The number of halogens is 1. The molecule has 0 aliphatic carbocycles. The Morgan fingerprint density at radius 2 is 2.39 bits per heavy atom. The summed E-state index contributed by atoms with van der Waals surface area (Å²) in [6.07, 6.45) is 4.80. The summed E-state index contributed by atoms with van der Waals surface area (Å²) in [7, 11) is 1.29. The summed E-state index contributed by atoms with van der Waals surface area (Å²) in [4.78, 5) is 10.9. The normalized spacial score (nSPS) is 19.3. The van der Waals surface area contributed by atoms with Gasteiger partial charge in [-0.3, -0.25) is 0 Å². The molecule has 1 aliphatic rings. The van der Waals surface area contributed by atoms with Crippen LogP contribution in [-0.2, 0) is 9.53 Å². The van der Waals surface area contributed by atoms with Crippen LogP contribution in [0.25, 0.3) is 6.08 Å². The van der Waals surface area contributed by atoms with Gasteiger partial charge in [0.2, 0.25) is 0 Å². The van der Waals surface area contributed by atoms with E-state index in [1.54, 1.807) is 6.07 Å². The minimum Gasteiger partial charge on any atom is -0.466 e. The highest BCUT2D eigenvalue weighted by Gasteiger charge is 2.16. The second-order valence-corrected chi connectivity index (χ2v) is 4.29. The van der Waals surface area contributed by atoms with E-state index in [1.807, 2.05) is 6.07 Å². The SMILES string of the molecule is COC(=O)/C=C/c1ccc([C@@H]2CCCN2)cc1F. The highest BCUT2D eigenvalue weighted by atomic mass is 19.1. The molecule has 2 rings (SSSR count). The first kappa shape index (κ1) is 12.8. The highest BCUT2D eigenvalue weighted by molar-refractivity contribution is 5.86. The average Bonchev–Trinajstić information content (AvgIpc) is 2.90. The number of carbonyl (C=O) groups is 1. The predicted octanol–water partition coefficient (Wildman–Crippen LogP) is 2.44. The number of nitrogens with one attached hydrogen (secondary N) is 1. The van der Waals surface area contributed by atoms with Crippen molar-refractivity contribution >= 4 is 12.0 Å². The van der Waals surface area contributed by atoms with Gasteiger partial charge in [0.25, 0.3) is 0 Å². The zero-order valence-electron chi connectivity index (χ0n) is 10.3. The molecule has 0 unspecified atom stereocenters. The maximum atomic E-state index is 13.8. The minimum absolute atomic E-state index is 0.248. The lowest BCUT2D eigenvalue weighted by Gasteiger charge is -2.11. The van der Waals surface area contributed by atoms with Crippen LogP contribution in [0.5, 0.6) is 0 Å². The smallest absolute Gasteiger partial charge is 0.330 e. The summed E-state index contributed by atoms with van der Waals surface area (Å²) >= 11 is 0. The van der Waals surface area contributed by atoms with Crippen molar-refractivity contribution in [2.75, 3.05) is 13.7 Å². The Morgan fingerprint density at radius 1 is 1.56 bits per heavy atom. The Hall–Kier alpha value is -1.68. The lowest BCUT2D eigenvalue weighted by Crippen LogP contribution is -2.13. The number of methoxy groups -OCH3 is 1. The van der Waals surface area contributed by atoms with Crippen molar-refractivity contribution in [3.63, 3.8) is 0 Å². The number of hydrogen-bond acceptors (Lipinski definition) is 3. The van der Waals surface area contributed by atoms with E-state index in [0.29, 0.717) is 5.56 Å². The monoisotopic (exact) mass is 249 g/mol. The fraction of sp³-hybridized carbons (Fsp3) is 0.357. The van der Waals surface area contributed by atoms with E-state index in [1.165, 1.54) is 25.3 Å². The zero-order valence-corrected chi connectivity index (χ0v) is 10.3. The first-order chi connectivity index (χ1) is 8.70. The second kappa shape index (κ2) is 5.78. The molecular formula is C14H16FNO2. The van der Waals surface area contributed by atoms with Gasteiger partial charge >= 0.3 is 5.97 Å². The topological polar surface area (TPSA) is 38.3 Å². The van der Waals surface area contributed by atoms with Crippen LogP contribution in [-0.4, -0.2) is 19.6 Å². The Bertz CT molecular complexity index is 465. The molecule has 0 radical (unpaired) electrons. The number of hydrogen-bond donors (Lipinski definition) is 1. The Balaban J connectivity index is 2.14. The number of benzene rings is 1. The van der Waals surface area contributed by atoms with Crippen molar-refractivity contribution in [1.29, 1.82) is 0 Å². The molecule has 0 spiro atoms. The molecule has 1 fully saturated rings. The van der Waals surface area contributed by atoms with E-state index in [4.69, 9.17) is 0 Å². The van der Waals surface area contributed by atoms with E-state index >= 15 is 0 Å². The van der Waals surface area contributed by atoms with Gasteiger partial charge in [-0.2, -0.15) is 0 Å². The fourth-order valence-corrected chi connectivity index (χ4v) is 2.09. The number of ether oxygens (including phenoxy) is 1. The molecule has 1 aliphatic heterocycles. The average molecular weight is 249 g/mol. The lowest BCUT2D eigenvalue weighted by molar-refractivity contribution is -0.134. The molecular weight excluding hydrogens is 233 g/mol. The largest absolute Gasteiger partial charge is 0.466 e. The van der Waals surface area contributed by atoms with Crippen LogP contribution in [0.3, 0.4) is 0 Å². The van der Waals surface area contributed by atoms with Gasteiger partial charge in [0.1, 0.15) is 5.82 Å². The molecule has 1 N–H and O–H groups in total. The van der Waals surface area contributed by atoms with Crippen LogP contribution in [0, 0.1) is 5.82 Å². The minimum atomic E-state index is -0.490. The predicted molar refractivity (Wildman–Crippen MR) is 67.4 cm³/mol. The highest BCUT2D eigenvalue weighted by Crippen LogP contribution is 2.24. The standard InChI is InChI=1S/C14H16FNO2/c1-18-14(17)7-6-10-4-5-11(9-12(10)15)13-3-2-8-16-13/h4-7,9,13,16H,2-3,8H2,1H3/b7-6+/t13-/m0/s1. The Labute approximate surface area is 106 Å². The van der Waals surface area contributed by atoms with Crippen molar-refractivity contribution in [3.05, 3.63) is 41.2 Å². The Kier molecular flexibility index (Phi) is 4.10. The van der Waals surface area contributed by atoms with Crippen molar-refractivity contribution in [1.82, 2.24) is 5.32 Å². The summed E-state index contributed by atoms with van der Waals surface area (Å²) in [5.41, 5.74) is 1.35. The third kappa shape index (κ3) is 2.96. The van der Waals surface area contributed by atoms with Gasteiger partial charge in [-0.05, 0) is 37.1 Å². The van der Waals surface area contributed by atoms with Crippen LogP contribution >= 0.6 is 0 Å². The van der Waals surface area contributed by atoms with E-state index in [9.17, 15) is 9.18 Å². The lowest BCUT2D eigenvalue weighted by atomic mass is 10.0. The molecule has 0 saturated carbocycles. The van der Waals surface area contributed by atoms with E-state index in [2.05, 4.69) is 10.1 Å². The van der Waals surface area contributed by atoms with Gasteiger partial charge in [-0.25, -0.2) is 9.18 Å². The van der Waals surface area contributed by atoms with Crippen molar-refractivity contribution < 1.29 is 13.9 Å². The molecule has 0 aromatic heterocycles. The number of carbonyl (C=O) groups excluding carboxylic acids is 1. The van der Waals surface area contributed by atoms with Gasteiger partial charge in [-0.15, -0.1) is 0 Å². The zero-order chi connectivity index (χ0) is 13.0. The molecule has 1 saturated heterocycles. The summed E-state index contributed by atoms with van der Waals surface area (Å²) in [5, 5.41) is 3.32. The van der Waals surface area contributed by atoms with Gasteiger partial charge < -0.3 is 10.1 Å². The quantitative estimate of drug-likeness (QED) is 0.660. The maximum absolute atomic E-state index is 13.8. The maximum Gasteiger partial charge on any atom is 0.330 e. The number of esters is 1. The van der Waals surface area contributed by atoms with Gasteiger partial charge in [0.05, 0.1) is 7.11 Å². The number of rotatable bonds is 3. The third-order valence-corrected chi connectivity index (χ3v) is 3.09. The molecule has 18 heavy (non-hydrogen) atoms. The first-order valence-electron chi connectivity index (χ1n) is 5.99. The van der Waals surface area contributed by atoms with Crippen LogP contribution in [0.2, 0.25) is 0 Å². The summed E-state index contributed by atoms with van der Waals surface area (Å²) < 4.78 is 18.3. The Morgan fingerprint density at radius 3 is 3.00 bits per heavy atom. The van der Waals surface area contributed by atoms with Crippen LogP contribution in [0.15, 0.2) is 24.3 Å². The van der Waals surface area contributed by atoms with E-state index < -0.39 is 5.97 Å². The third-order valence-electron chi connectivity index (χ3n) is 3.09. The van der Waals surface area contributed by atoms with Gasteiger partial charge in [0, 0.05) is 17.7 Å². The summed E-state index contributed by atoms with van der Waals surface area (Å²) in [6, 6.07) is 5.35. The first-order valence-corrected chi connectivity index (χ1v) is 5.99. The van der Waals surface area contributed by atoms with Crippen molar-refractivity contribution in [2.45, 2.75) is 18.9 Å². The van der Waals surface area contributed by atoms with Gasteiger partial charge in [0.15, 0.2) is 0 Å². The molecule has 0 amide bonds. The summed E-state index contributed by atoms with van der Waals surface area (Å²) in [5.74, 6) is -0.808. The molecule has 1 aromatic rings. The second-order valence-electron chi connectivity index (χ2n) is 4.29. The summed E-state index contributed by atoms with van der Waals surface area (Å²) in [6.45, 7) is 0.982. The molecule has 1 aromatic carbocycles. The van der Waals surface area contributed by atoms with E-state index in [0.717, 1.165) is 24.9 Å². The van der Waals surface area contributed by atoms with Crippen molar-refractivity contribution in [2.24, 2.45) is 0 Å². The van der Waals surface area contributed by atoms with Gasteiger partial charge in [-0.1, -0.05) is 12.1 Å².